The number of hydrogen-bond donors (Lipinski definition) is 2. The zero-order valence-corrected chi connectivity index (χ0v) is 13.1. The van der Waals surface area contributed by atoms with Gasteiger partial charge in [0.2, 0.25) is 0 Å². The van der Waals surface area contributed by atoms with E-state index in [9.17, 15) is 8.42 Å². The van der Waals surface area contributed by atoms with Crippen LogP contribution in [0.3, 0.4) is 0 Å². The number of ether oxygens (including phenoxy) is 1. The molecule has 0 saturated carbocycles. The largest absolute Gasteiger partial charge is 0.380 e. The van der Waals surface area contributed by atoms with Gasteiger partial charge in [0.05, 0.1) is 6.61 Å². The summed E-state index contributed by atoms with van der Waals surface area (Å²) in [6.45, 7) is 5.50. The zero-order chi connectivity index (χ0) is 14.4. The molecule has 2 unspecified atom stereocenters. The Hall–Kier alpha value is -0.210. The maximum Gasteiger partial charge on any atom is 0.280 e. The summed E-state index contributed by atoms with van der Waals surface area (Å²) in [5.41, 5.74) is 0. The van der Waals surface area contributed by atoms with E-state index in [4.69, 9.17) is 4.74 Å². The van der Waals surface area contributed by atoms with E-state index in [-0.39, 0.29) is 12.1 Å². The van der Waals surface area contributed by atoms with Gasteiger partial charge in [-0.25, -0.2) is 0 Å². The Balaban J connectivity index is 1.97. The van der Waals surface area contributed by atoms with E-state index in [0.29, 0.717) is 13.2 Å². The molecule has 20 heavy (non-hydrogen) atoms. The molecule has 2 N–H and O–H groups in total. The number of piperidine rings is 1. The van der Waals surface area contributed by atoms with Crippen molar-refractivity contribution in [2.24, 2.45) is 0 Å². The molecule has 2 saturated heterocycles. The molecular weight excluding hydrogens is 278 g/mol. The minimum atomic E-state index is -3.40. The molecule has 0 spiro atoms. The second kappa shape index (κ2) is 7.70. The normalized spacial score (nSPS) is 29.4. The van der Waals surface area contributed by atoms with Crippen LogP contribution in [-0.4, -0.2) is 57.7 Å². The molecule has 0 amide bonds. The molecule has 6 nitrogen and oxygen atoms in total. The van der Waals surface area contributed by atoms with E-state index in [1.165, 1.54) is 0 Å². The molecule has 2 fully saturated rings. The van der Waals surface area contributed by atoms with Crippen molar-refractivity contribution in [3.63, 3.8) is 0 Å². The number of rotatable bonds is 6. The third-order valence-corrected chi connectivity index (χ3v) is 5.72. The van der Waals surface area contributed by atoms with Gasteiger partial charge in [0, 0.05) is 31.8 Å². The van der Waals surface area contributed by atoms with Crippen LogP contribution in [0, 0.1) is 0 Å². The molecule has 2 atom stereocenters. The molecule has 7 heteroatoms. The van der Waals surface area contributed by atoms with E-state index in [0.717, 1.165) is 51.8 Å². The van der Waals surface area contributed by atoms with Crippen molar-refractivity contribution in [2.45, 2.75) is 51.1 Å². The lowest BCUT2D eigenvalue weighted by atomic mass is 10.1. The molecule has 2 rings (SSSR count). The Morgan fingerprint density at radius 2 is 2.10 bits per heavy atom. The Bertz CT molecular complexity index is 382. The summed E-state index contributed by atoms with van der Waals surface area (Å²) in [6, 6.07) is 0.00108. The van der Waals surface area contributed by atoms with Crippen molar-refractivity contribution in [1.29, 1.82) is 0 Å². The lowest BCUT2D eigenvalue weighted by Gasteiger charge is -2.36. The van der Waals surface area contributed by atoms with Gasteiger partial charge in [0.1, 0.15) is 0 Å². The van der Waals surface area contributed by atoms with Crippen molar-refractivity contribution in [1.82, 2.24) is 14.3 Å². The van der Waals surface area contributed by atoms with Crippen LogP contribution in [0.5, 0.6) is 0 Å². The standard InChI is InChI=1S/C13H27N3O3S/c1-2-14-10-13-7-3-4-8-16(13)20(17,18)15-12-6-5-9-19-11-12/h12-15H,2-11H2,1H3. The van der Waals surface area contributed by atoms with Crippen molar-refractivity contribution < 1.29 is 13.2 Å². The SMILES string of the molecule is CCNCC1CCCCN1S(=O)(=O)NC1CCCOC1. The van der Waals surface area contributed by atoms with Crippen LogP contribution in [0.25, 0.3) is 0 Å². The number of likely N-dealkylation sites (N-methyl/N-ethyl adjacent to an activating group) is 1. The van der Waals surface area contributed by atoms with Gasteiger partial charge in [0.15, 0.2) is 0 Å². The molecule has 0 aliphatic carbocycles. The Labute approximate surface area is 122 Å². The Morgan fingerprint density at radius 3 is 2.80 bits per heavy atom. The third-order valence-electron chi connectivity index (χ3n) is 3.99. The molecule has 0 aromatic heterocycles. The summed E-state index contributed by atoms with van der Waals surface area (Å²) >= 11 is 0. The predicted molar refractivity (Wildman–Crippen MR) is 78.8 cm³/mol. The van der Waals surface area contributed by atoms with Gasteiger partial charge in [-0.3, -0.25) is 0 Å². The van der Waals surface area contributed by atoms with Crippen LogP contribution in [0.2, 0.25) is 0 Å². The molecular formula is C13H27N3O3S. The maximum absolute atomic E-state index is 12.6. The first-order valence-electron chi connectivity index (χ1n) is 7.71. The lowest BCUT2D eigenvalue weighted by molar-refractivity contribution is 0.0764. The van der Waals surface area contributed by atoms with Crippen molar-refractivity contribution >= 4 is 10.2 Å². The quantitative estimate of drug-likeness (QED) is 0.748. The molecule has 118 valence electrons. The number of nitrogens with one attached hydrogen (secondary N) is 2. The average Bonchev–Trinajstić information content (AvgIpc) is 2.46. The zero-order valence-electron chi connectivity index (χ0n) is 12.3. The predicted octanol–water partition coefficient (Wildman–Crippen LogP) is 0.464. The number of hydrogen-bond acceptors (Lipinski definition) is 4. The van der Waals surface area contributed by atoms with Crippen LogP contribution < -0.4 is 10.0 Å². The van der Waals surface area contributed by atoms with Crippen LogP contribution in [0.15, 0.2) is 0 Å². The summed E-state index contributed by atoms with van der Waals surface area (Å²) in [4.78, 5) is 0. The van der Waals surface area contributed by atoms with Gasteiger partial charge in [-0.2, -0.15) is 17.4 Å². The molecule has 0 radical (unpaired) electrons. The van der Waals surface area contributed by atoms with Gasteiger partial charge in [-0.05, 0) is 32.2 Å². The monoisotopic (exact) mass is 305 g/mol. The first-order chi connectivity index (χ1) is 9.63. The van der Waals surface area contributed by atoms with E-state index in [1.54, 1.807) is 4.31 Å². The summed E-state index contributed by atoms with van der Waals surface area (Å²) in [5, 5.41) is 3.27. The fourth-order valence-electron chi connectivity index (χ4n) is 2.92. The summed E-state index contributed by atoms with van der Waals surface area (Å²) in [7, 11) is -3.40. The number of nitrogens with zero attached hydrogens (tertiary/aromatic N) is 1. The highest BCUT2D eigenvalue weighted by Crippen LogP contribution is 2.20. The first kappa shape index (κ1) is 16.2. The van der Waals surface area contributed by atoms with Crippen LogP contribution in [0.1, 0.15) is 39.0 Å². The van der Waals surface area contributed by atoms with E-state index < -0.39 is 10.2 Å². The molecule has 0 bridgehead atoms. The van der Waals surface area contributed by atoms with Crippen molar-refractivity contribution in [3.05, 3.63) is 0 Å². The summed E-state index contributed by atoms with van der Waals surface area (Å²) in [6.07, 6.45) is 4.79. The Morgan fingerprint density at radius 1 is 1.25 bits per heavy atom. The molecule has 0 aromatic rings. The fraction of sp³-hybridized carbons (Fsp3) is 1.00. The smallest absolute Gasteiger partial charge is 0.280 e. The second-order valence-corrected chi connectivity index (χ2v) is 7.26. The van der Waals surface area contributed by atoms with Crippen LogP contribution in [-0.2, 0) is 14.9 Å². The summed E-state index contributed by atoms with van der Waals surface area (Å²) < 4.78 is 34.9. The first-order valence-corrected chi connectivity index (χ1v) is 9.15. The van der Waals surface area contributed by atoms with Gasteiger partial charge in [0.25, 0.3) is 10.2 Å². The highest BCUT2D eigenvalue weighted by Gasteiger charge is 2.33. The van der Waals surface area contributed by atoms with Gasteiger partial charge in [-0.15, -0.1) is 0 Å². The van der Waals surface area contributed by atoms with Crippen molar-refractivity contribution in [3.8, 4) is 0 Å². The highest BCUT2D eigenvalue weighted by molar-refractivity contribution is 7.87. The molecule has 2 aliphatic rings. The van der Waals surface area contributed by atoms with Crippen molar-refractivity contribution in [2.75, 3.05) is 32.8 Å². The molecule has 2 heterocycles. The second-order valence-electron chi connectivity index (χ2n) is 5.60. The van der Waals surface area contributed by atoms with Crippen LogP contribution in [0.4, 0.5) is 0 Å². The van der Waals surface area contributed by atoms with Gasteiger partial charge in [-0.1, -0.05) is 13.3 Å². The highest BCUT2D eigenvalue weighted by atomic mass is 32.2. The van der Waals surface area contributed by atoms with Gasteiger partial charge < -0.3 is 10.1 Å². The van der Waals surface area contributed by atoms with E-state index >= 15 is 0 Å². The average molecular weight is 305 g/mol. The summed E-state index contributed by atoms with van der Waals surface area (Å²) in [5.74, 6) is 0. The lowest BCUT2D eigenvalue weighted by Crippen LogP contribution is -2.55. The minimum Gasteiger partial charge on any atom is -0.380 e. The van der Waals surface area contributed by atoms with E-state index in [2.05, 4.69) is 10.0 Å². The van der Waals surface area contributed by atoms with Crippen LogP contribution >= 0.6 is 0 Å². The molecule has 2 aliphatic heterocycles. The molecule has 0 aromatic carbocycles. The van der Waals surface area contributed by atoms with E-state index in [1.807, 2.05) is 6.92 Å². The maximum atomic E-state index is 12.6. The topological polar surface area (TPSA) is 70.7 Å². The third kappa shape index (κ3) is 4.39. The fourth-order valence-corrected chi connectivity index (χ4v) is 4.60. The minimum absolute atomic E-state index is 0.0736. The Kier molecular flexibility index (Phi) is 6.22. The van der Waals surface area contributed by atoms with Gasteiger partial charge >= 0.3 is 0 Å².